The number of amides is 1. The summed E-state index contributed by atoms with van der Waals surface area (Å²) < 4.78 is 16.6. The number of fused-ring (bicyclic) bond motifs is 2. The molecule has 0 radical (unpaired) electrons. The summed E-state index contributed by atoms with van der Waals surface area (Å²) in [6.45, 7) is 1.33. The lowest BCUT2D eigenvalue weighted by atomic mass is 9.89. The number of carbonyl (C=O) groups is 1. The summed E-state index contributed by atoms with van der Waals surface area (Å²) in [4.78, 5) is 14.8. The van der Waals surface area contributed by atoms with Gasteiger partial charge in [-0.2, -0.15) is 0 Å². The minimum atomic E-state index is -0.0700. The summed E-state index contributed by atoms with van der Waals surface area (Å²) in [5.41, 5.74) is 5.11. The summed E-state index contributed by atoms with van der Waals surface area (Å²) in [5, 5.41) is 9.75. The van der Waals surface area contributed by atoms with E-state index in [-0.39, 0.29) is 18.4 Å². The highest BCUT2D eigenvalue weighted by Crippen LogP contribution is 2.46. The van der Waals surface area contributed by atoms with E-state index in [2.05, 4.69) is 12.1 Å². The Morgan fingerprint density at radius 3 is 2.78 bits per heavy atom. The first kappa shape index (κ1) is 20.0. The maximum Gasteiger partial charge on any atom is 0.246 e. The van der Waals surface area contributed by atoms with Crippen LogP contribution in [0.2, 0.25) is 0 Å². The number of carbonyl (C=O) groups excluding carboxylic acids is 1. The molecule has 0 fully saturated rings. The number of ether oxygens (including phenoxy) is 3. The van der Waals surface area contributed by atoms with Crippen molar-refractivity contribution in [2.24, 2.45) is 0 Å². The summed E-state index contributed by atoms with van der Waals surface area (Å²) in [7, 11) is 1.49. The summed E-state index contributed by atoms with van der Waals surface area (Å²) >= 11 is 0. The largest absolute Gasteiger partial charge is 0.504 e. The van der Waals surface area contributed by atoms with Gasteiger partial charge in [0.25, 0.3) is 0 Å². The van der Waals surface area contributed by atoms with E-state index in [4.69, 9.17) is 14.2 Å². The van der Waals surface area contributed by atoms with E-state index in [1.807, 2.05) is 29.2 Å². The number of nitrogens with zero attached hydrogens (tertiary/aromatic N) is 1. The van der Waals surface area contributed by atoms with Crippen molar-refractivity contribution >= 4 is 12.0 Å². The van der Waals surface area contributed by atoms with Crippen LogP contribution in [0.25, 0.3) is 17.2 Å². The Kier molecular flexibility index (Phi) is 5.19. The van der Waals surface area contributed by atoms with Gasteiger partial charge in [0.2, 0.25) is 12.7 Å². The van der Waals surface area contributed by atoms with Crippen LogP contribution >= 0.6 is 0 Å². The first-order valence-corrected chi connectivity index (χ1v) is 10.5. The topological polar surface area (TPSA) is 68.2 Å². The Morgan fingerprint density at radius 2 is 1.97 bits per heavy atom. The molecule has 0 atom stereocenters. The number of aromatic hydroxyl groups is 1. The van der Waals surface area contributed by atoms with Gasteiger partial charge < -0.3 is 24.2 Å². The maximum atomic E-state index is 13.0. The lowest BCUT2D eigenvalue weighted by molar-refractivity contribution is -0.126. The zero-order valence-electron chi connectivity index (χ0n) is 17.7. The molecule has 1 amide bonds. The lowest BCUT2D eigenvalue weighted by Crippen LogP contribution is -2.35. The molecule has 0 aliphatic carbocycles. The Balaban J connectivity index is 1.44. The van der Waals surface area contributed by atoms with Crippen LogP contribution in [0.3, 0.4) is 0 Å². The molecule has 0 unspecified atom stereocenters. The van der Waals surface area contributed by atoms with Crippen LogP contribution in [0.4, 0.5) is 0 Å². The molecule has 2 aliphatic heterocycles. The Hall–Kier alpha value is -3.93. The minimum absolute atomic E-state index is 0.0655. The van der Waals surface area contributed by atoms with Crippen molar-refractivity contribution in [1.29, 1.82) is 0 Å². The second-order valence-electron chi connectivity index (χ2n) is 7.76. The van der Waals surface area contributed by atoms with Crippen molar-refractivity contribution in [3.63, 3.8) is 0 Å². The molecule has 0 saturated carbocycles. The minimum Gasteiger partial charge on any atom is -0.504 e. The molecule has 2 aliphatic rings. The fourth-order valence-corrected chi connectivity index (χ4v) is 4.23. The molecule has 162 valence electrons. The third-order valence-corrected chi connectivity index (χ3v) is 5.86. The molecular formula is C26H23NO5. The SMILES string of the molecule is COc1cc(/C=C/C(=O)N2CCc3cc4c(c(-c5ccccc5)c3C2)OCO4)ccc1O. The molecule has 6 nitrogen and oxygen atoms in total. The number of benzene rings is 3. The summed E-state index contributed by atoms with van der Waals surface area (Å²) in [6, 6.07) is 17.1. The van der Waals surface area contributed by atoms with E-state index < -0.39 is 0 Å². The van der Waals surface area contributed by atoms with E-state index in [9.17, 15) is 9.90 Å². The first-order chi connectivity index (χ1) is 15.6. The van der Waals surface area contributed by atoms with Gasteiger partial charge in [-0.3, -0.25) is 4.79 Å². The molecular weight excluding hydrogens is 406 g/mol. The quantitative estimate of drug-likeness (QED) is 0.623. The van der Waals surface area contributed by atoms with Crippen LogP contribution in [0.15, 0.2) is 60.7 Å². The van der Waals surface area contributed by atoms with Crippen LogP contribution in [-0.4, -0.2) is 36.4 Å². The molecule has 5 rings (SSSR count). The van der Waals surface area contributed by atoms with Gasteiger partial charge in [0.05, 0.1) is 7.11 Å². The van der Waals surface area contributed by atoms with Gasteiger partial charge in [-0.25, -0.2) is 0 Å². The monoisotopic (exact) mass is 429 g/mol. The second-order valence-corrected chi connectivity index (χ2v) is 7.76. The van der Waals surface area contributed by atoms with Gasteiger partial charge in [-0.05, 0) is 52.9 Å². The zero-order chi connectivity index (χ0) is 22.1. The van der Waals surface area contributed by atoms with Crippen molar-refractivity contribution in [3.05, 3.63) is 77.4 Å². The Bertz CT molecular complexity index is 1200. The first-order valence-electron chi connectivity index (χ1n) is 10.5. The number of hydrogen-bond donors (Lipinski definition) is 1. The highest BCUT2D eigenvalue weighted by molar-refractivity contribution is 5.92. The highest BCUT2D eigenvalue weighted by atomic mass is 16.7. The van der Waals surface area contributed by atoms with Crippen LogP contribution in [0.5, 0.6) is 23.0 Å². The summed E-state index contributed by atoms with van der Waals surface area (Å²) in [5.74, 6) is 1.88. The van der Waals surface area contributed by atoms with E-state index >= 15 is 0 Å². The average molecular weight is 429 g/mol. The van der Waals surface area contributed by atoms with Gasteiger partial charge in [0.15, 0.2) is 23.0 Å². The number of methoxy groups -OCH3 is 1. The van der Waals surface area contributed by atoms with Crippen LogP contribution < -0.4 is 14.2 Å². The molecule has 3 aromatic carbocycles. The van der Waals surface area contributed by atoms with Gasteiger partial charge in [0.1, 0.15) is 0 Å². The molecule has 0 aromatic heterocycles. The second kappa shape index (κ2) is 8.30. The molecule has 6 heteroatoms. The molecule has 0 bridgehead atoms. The van der Waals surface area contributed by atoms with Crippen molar-refractivity contribution in [1.82, 2.24) is 4.90 Å². The van der Waals surface area contributed by atoms with E-state index in [0.717, 1.165) is 40.2 Å². The molecule has 3 aromatic rings. The van der Waals surface area contributed by atoms with Crippen LogP contribution in [-0.2, 0) is 17.8 Å². The Morgan fingerprint density at radius 1 is 1.12 bits per heavy atom. The number of rotatable bonds is 4. The normalized spacial score (nSPS) is 14.5. The third-order valence-electron chi connectivity index (χ3n) is 5.86. The van der Waals surface area contributed by atoms with Gasteiger partial charge in [-0.15, -0.1) is 0 Å². The predicted molar refractivity (Wildman–Crippen MR) is 121 cm³/mol. The fraction of sp³-hybridized carbons (Fsp3) is 0.192. The Labute approximate surface area is 186 Å². The van der Waals surface area contributed by atoms with E-state index in [1.165, 1.54) is 12.7 Å². The average Bonchev–Trinajstić information content (AvgIpc) is 3.30. The van der Waals surface area contributed by atoms with E-state index in [0.29, 0.717) is 18.8 Å². The zero-order valence-corrected chi connectivity index (χ0v) is 17.7. The van der Waals surface area contributed by atoms with Crippen LogP contribution in [0.1, 0.15) is 16.7 Å². The van der Waals surface area contributed by atoms with E-state index in [1.54, 1.807) is 30.4 Å². The highest BCUT2D eigenvalue weighted by Gasteiger charge is 2.29. The smallest absolute Gasteiger partial charge is 0.246 e. The number of hydrogen-bond acceptors (Lipinski definition) is 5. The maximum absolute atomic E-state index is 13.0. The molecule has 2 heterocycles. The standard InChI is InChI=1S/C26H23NO5/c1-30-22-13-17(7-9-21(22)28)8-10-24(29)27-12-11-19-14-23-26(32-16-31-23)25(20(19)15-27)18-5-3-2-4-6-18/h2-10,13-14,28H,11-12,15-16H2,1H3/b10-8+. The van der Waals surface area contributed by atoms with Crippen molar-refractivity contribution in [2.45, 2.75) is 13.0 Å². The molecule has 32 heavy (non-hydrogen) atoms. The third kappa shape index (κ3) is 3.64. The van der Waals surface area contributed by atoms with Crippen molar-refractivity contribution in [2.75, 3.05) is 20.4 Å². The molecule has 0 spiro atoms. The molecule has 0 saturated heterocycles. The van der Waals surface area contributed by atoms with Gasteiger partial charge in [0, 0.05) is 24.7 Å². The fourth-order valence-electron chi connectivity index (χ4n) is 4.23. The number of phenols is 1. The van der Waals surface area contributed by atoms with Crippen molar-refractivity contribution < 1.29 is 24.1 Å². The van der Waals surface area contributed by atoms with Gasteiger partial charge >= 0.3 is 0 Å². The lowest BCUT2D eigenvalue weighted by Gasteiger charge is -2.30. The van der Waals surface area contributed by atoms with Crippen molar-refractivity contribution in [3.8, 4) is 34.1 Å². The predicted octanol–water partition coefficient (Wildman–Crippen LogP) is 4.39. The van der Waals surface area contributed by atoms with Gasteiger partial charge in [-0.1, -0.05) is 36.4 Å². The van der Waals surface area contributed by atoms with Crippen LogP contribution in [0, 0.1) is 0 Å². The number of phenolic OH excluding ortho intramolecular Hbond substituents is 1. The molecule has 1 N–H and O–H groups in total. The summed E-state index contributed by atoms with van der Waals surface area (Å²) in [6.07, 6.45) is 4.04.